The van der Waals surface area contributed by atoms with Crippen LogP contribution in [0.5, 0.6) is 0 Å². The Balaban J connectivity index is 2.38. The van der Waals surface area contributed by atoms with Gasteiger partial charge < -0.3 is 4.74 Å². The third-order valence-corrected chi connectivity index (χ3v) is 6.83. The highest BCUT2D eigenvalue weighted by atomic mass is 32.1. The van der Waals surface area contributed by atoms with Crippen molar-refractivity contribution < 1.29 is 9.53 Å². The normalized spacial score (nSPS) is 18.6. The lowest BCUT2D eigenvalue weighted by Gasteiger charge is -2.32. The molecule has 0 aromatic heterocycles. The topological polar surface area (TPSA) is 26.3 Å². The number of esters is 1. The zero-order chi connectivity index (χ0) is 24.0. The Kier molecular flexibility index (Phi) is 14.1. The van der Waals surface area contributed by atoms with Crippen LogP contribution in [0.4, 0.5) is 0 Å². The van der Waals surface area contributed by atoms with Crippen molar-refractivity contribution in [1.29, 1.82) is 0 Å². The number of unbranched alkanes of at least 4 members (excludes halogenated alkanes) is 1. The predicted molar refractivity (Wildman–Crippen MR) is 147 cm³/mol. The zero-order valence-electron chi connectivity index (χ0n) is 20.8. The van der Waals surface area contributed by atoms with E-state index >= 15 is 0 Å². The number of allylic oxidation sites excluding steroid dienone is 9. The molecule has 2 nitrogen and oxygen atoms in total. The third kappa shape index (κ3) is 12.2. The summed E-state index contributed by atoms with van der Waals surface area (Å²) in [6.07, 6.45) is 20.8. The Hall–Kier alpha value is -1.13. The smallest absolute Gasteiger partial charge is 0.306 e. The maximum Gasteiger partial charge on any atom is 0.306 e. The van der Waals surface area contributed by atoms with E-state index in [1.807, 2.05) is 13.0 Å². The van der Waals surface area contributed by atoms with Gasteiger partial charge in [0.25, 0.3) is 0 Å². The van der Waals surface area contributed by atoms with Gasteiger partial charge in [-0.15, -0.1) is 0 Å². The molecule has 0 aromatic carbocycles. The molecule has 0 saturated heterocycles. The predicted octanol–water partition coefficient (Wildman–Crippen LogP) is 8.24. The summed E-state index contributed by atoms with van der Waals surface area (Å²) >= 11 is 8.73. The number of hydrogen-bond acceptors (Lipinski definition) is 4. The number of rotatable bonds is 13. The third-order valence-electron chi connectivity index (χ3n) is 6.05. The molecule has 0 heterocycles. The average Bonchev–Trinajstić information content (AvgIpc) is 2.70. The van der Waals surface area contributed by atoms with E-state index in [1.54, 1.807) is 0 Å². The minimum atomic E-state index is -0.126. The monoisotopic (exact) mass is 476 g/mol. The second-order valence-corrected chi connectivity index (χ2v) is 10.8. The van der Waals surface area contributed by atoms with Crippen molar-refractivity contribution in [3.05, 3.63) is 58.7 Å². The first-order valence-corrected chi connectivity index (χ1v) is 13.1. The van der Waals surface area contributed by atoms with Crippen LogP contribution in [0.25, 0.3) is 0 Å². The Bertz CT molecular complexity index is 739. The molecule has 0 amide bonds. The van der Waals surface area contributed by atoms with Crippen LogP contribution in [-0.4, -0.2) is 23.6 Å². The molecular weight excluding hydrogens is 432 g/mol. The average molecular weight is 477 g/mol. The second kappa shape index (κ2) is 15.7. The van der Waals surface area contributed by atoms with Crippen molar-refractivity contribution in [2.45, 2.75) is 91.2 Å². The molecule has 1 aliphatic carbocycles. The van der Waals surface area contributed by atoms with Crippen LogP contribution in [0, 0.1) is 5.41 Å². The molecule has 1 aliphatic rings. The van der Waals surface area contributed by atoms with Crippen LogP contribution in [0.1, 0.15) is 86.0 Å². The molecule has 0 fully saturated rings. The first kappa shape index (κ1) is 28.9. The highest BCUT2D eigenvalue weighted by Gasteiger charge is 2.26. The van der Waals surface area contributed by atoms with Crippen molar-refractivity contribution in [2.75, 3.05) is 12.4 Å². The van der Waals surface area contributed by atoms with Crippen molar-refractivity contribution in [1.82, 2.24) is 0 Å². The number of carbonyl (C=O) groups excluding carboxylic acids is 1. The number of ether oxygens (including phenoxy) is 1. The Labute approximate surface area is 208 Å². The summed E-state index contributed by atoms with van der Waals surface area (Å²) in [6.45, 7) is 11.4. The molecule has 1 atom stereocenters. The molecule has 0 aromatic rings. The van der Waals surface area contributed by atoms with E-state index < -0.39 is 0 Å². The maximum atomic E-state index is 11.8. The van der Waals surface area contributed by atoms with Crippen LogP contribution in [0.15, 0.2) is 58.7 Å². The molecule has 0 aliphatic heterocycles. The van der Waals surface area contributed by atoms with Crippen LogP contribution in [0.2, 0.25) is 0 Å². The van der Waals surface area contributed by atoms with Gasteiger partial charge in [-0.2, -0.15) is 25.3 Å². The fraction of sp³-hybridized carbons (Fsp3) is 0.607. The maximum absolute atomic E-state index is 11.8. The van der Waals surface area contributed by atoms with Crippen LogP contribution >= 0.6 is 25.3 Å². The molecule has 0 radical (unpaired) electrons. The van der Waals surface area contributed by atoms with Gasteiger partial charge in [0.2, 0.25) is 0 Å². The summed E-state index contributed by atoms with van der Waals surface area (Å²) in [5.41, 5.74) is 5.59. The Morgan fingerprint density at radius 1 is 1.16 bits per heavy atom. The van der Waals surface area contributed by atoms with E-state index in [4.69, 9.17) is 4.74 Å². The van der Waals surface area contributed by atoms with E-state index in [9.17, 15) is 4.79 Å². The minimum Gasteiger partial charge on any atom is -0.461 e. The number of carbonyl (C=O) groups is 1. The second-order valence-electron chi connectivity index (χ2n) is 9.58. The van der Waals surface area contributed by atoms with Crippen molar-refractivity contribution in [3.63, 3.8) is 0 Å². The largest absolute Gasteiger partial charge is 0.461 e. The van der Waals surface area contributed by atoms with E-state index in [1.165, 1.54) is 36.0 Å². The van der Waals surface area contributed by atoms with Gasteiger partial charge in [0.05, 0.1) is 0 Å². The first-order valence-electron chi connectivity index (χ1n) is 12.0. The molecule has 1 rings (SSSR count). The van der Waals surface area contributed by atoms with Gasteiger partial charge >= 0.3 is 5.97 Å². The van der Waals surface area contributed by atoms with Crippen molar-refractivity contribution in [2.24, 2.45) is 5.41 Å². The van der Waals surface area contributed by atoms with Gasteiger partial charge in [0.1, 0.15) is 6.61 Å². The molecule has 32 heavy (non-hydrogen) atoms. The van der Waals surface area contributed by atoms with E-state index in [0.29, 0.717) is 18.3 Å². The standard InChI is InChI=1S/C28H44O2S2/c1-22(15-16-26-24(3)12-9-19-28(26,4)5)10-8-11-23(2)17-20-30-27(29)14-7-6-13-25(32)18-21-31/h8,10-11,15-17,25,31-32H,6-7,9,12-14,18-21H2,1-5H3/b11-8+,16-15+,22-10+,23-17+. The molecule has 0 spiro atoms. The molecule has 0 saturated carbocycles. The van der Waals surface area contributed by atoms with Crippen LogP contribution in [-0.2, 0) is 9.53 Å². The van der Waals surface area contributed by atoms with E-state index in [-0.39, 0.29) is 11.4 Å². The lowest BCUT2D eigenvalue weighted by molar-refractivity contribution is -0.142. The highest BCUT2D eigenvalue weighted by molar-refractivity contribution is 7.81. The fourth-order valence-corrected chi connectivity index (χ4v) is 4.81. The summed E-state index contributed by atoms with van der Waals surface area (Å²) in [6, 6.07) is 0. The van der Waals surface area contributed by atoms with Gasteiger partial charge in [0, 0.05) is 11.7 Å². The van der Waals surface area contributed by atoms with Gasteiger partial charge in [-0.25, -0.2) is 0 Å². The van der Waals surface area contributed by atoms with Crippen LogP contribution in [0.3, 0.4) is 0 Å². The number of thiol groups is 2. The van der Waals surface area contributed by atoms with Gasteiger partial charge in [-0.1, -0.05) is 67.4 Å². The van der Waals surface area contributed by atoms with Crippen LogP contribution < -0.4 is 0 Å². The molecule has 0 N–H and O–H groups in total. The summed E-state index contributed by atoms with van der Waals surface area (Å²) in [5.74, 6) is 0.734. The first-order chi connectivity index (χ1) is 15.2. The lowest BCUT2D eigenvalue weighted by Crippen LogP contribution is -2.19. The van der Waals surface area contributed by atoms with E-state index in [0.717, 1.165) is 37.0 Å². The van der Waals surface area contributed by atoms with Gasteiger partial charge in [-0.3, -0.25) is 4.79 Å². The Morgan fingerprint density at radius 3 is 2.59 bits per heavy atom. The SMILES string of the molecule is CC1=C(/C=C/C(C)=C/C=C/C(C)=C/COC(=O)CCCCC(S)CCS)C(C)(C)CCC1. The lowest BCUT2D eigenvalue weighted by atomic mass is 9.72. The summed E-state index contributed by atoms with van der Waals surface area (Å²) in [5, 5.41) is 0.384. The van der Waals surface area contributed by atoms with Crippen molar-refractivity contribution in [3.8, 4) is 0 Å². The zero-order valence-corrected chi connectivity index (χ0v) is 22.6. The number of hydrogen-bond donors (Lipinski definition) is 2. The summed E-state index contributed by atoms with van der Waals surface area (Å²) in [7, 11) is 0. The molecular formula is C28H44O2S2. The van der Waals surface area contributed by atoms with E-state index in [2.05, 4.69) is 83.3 Å². The highest BCUT2D eigenvalue weighted by Crippen LogP contribution is 2.40. The minimum absolute atomic E-state index is 0.126. The summed E-state index contributed by atoms with van der Waals surface area (Å²) < 4.78 is 5.32. The molecule has 0 bridgehead atoms. The fourth-order valence-electron chi connectivity index (χ4n) is 3.98. The molecule has 1 unspecified atom stereocenters. The molecule has 4 heteroatoms. The Morgan fingerprint density at radius 2 is 1.91 bits per heavy atom. The quantitative estimate of drug-likeness (QED) is 0.121. The van der Waals surface area contributed by atoms with Gasteiger partial charge in [-0.05, 0) is 82.1 Å². The van der Waals surface area contributed by atoms with Crippen molar-refractivity contribution >= 4 is 31.2 Å². The summed E-state index contributed by atoms with van der Waals surface area (Å²) in [4.78, 5) is 11.8. The molecule has 180 valence electrons. The van der Waals surface area contributed by atoms with Gasteiger partial charge in [0.15, 0.2) is 0 Å².